The van der Waals surface area contributed by atoms with Gasteiger partial charge in [0.2, 0.25) is 5.78 Å². The number of nitrogens with one attached hydrogen (secondary N) is 1. The first-order valence-corrected chi connectivity index (χ1v) is 9.13. The van der Waals surface area contributed by atoms with Crippen molar-refractivity contribution >= 4 is 23.0 Å². The van der Waals surface area contributed by atoms with Gasteiger partial charge in [0.1, 0.15) is 17.1 Å². The largest absolute Gasteiger partial charge is 0.496 e. The van der Waals surface area contributed by atoms with Gasteiger partial charge in [-0.15, -0.1) is 11.3 Å². The van der Waals surface area contributed by atoms with E-state index in [1.165, 1.54) is 25.6 Å². The smallest absolute Gasteiger partial charge is 0.259 e. The number of ketones is 1. The molecule has 3 aromatic rings. The van der Waals surface area contributed by atoms with E-state index in [0.717, 1.165) is 4.88 Å². The van der Waals surface area contributed by atoms with E-state index < -0.39 is 0 Å². The average molecular weight is 381 g/mol. The summed E-state index contributed by atoms with van der Waals surface area (Å²) in [4.78, 5) is 26.6. The number of carbonyl (C=O) groups is 2. The number of hydrogen-bond donors (Lipinski definition) is 1. The molecule has 3 rings (SSSR count). The monoisotopic (exact) mass is 381 g/mol. The molecule has 0 bridgehead atoms. The van der Waals surface area contributed by atoms with Gasteiger partial charge >= 0.3 is 0 Å². The van der Waals surface area contributed by atoms with Crippen molar-refractivity contribution in [2.45, 2.75) is 6.54 Å². The third-order valence-corrected chi connectivity index (χ3v) is 5.08. The Balaban J connectivity index is 1.71. The zero-order valence-corrected chi connectivity index (χ0v) is 15.8. The van der Waals surface area contributed by atoms with Crippen LogP contribution in [0, 0.1) is 0 Å². The number of amides is 1. The van der Waals surface area contributed by atoms with Gasteiger partial charge in [-0.1, -0.05) is 36.4 Å². The van der Waals surface area contributed by atoms with Crippen molar-refractivity contribution in [3.8, 4) is 11.5 Å². The molecule has 138 valence electrons. The van der Waals surface area contributed by atoms with Crippen LogP contribution in [-0.4, -0.2) is 25.9 Å². The first kappa shape index (κ1) is 18.7. The molecule has 0 saturated carbocycles. The van der Waals surface area contributed by atoms with E-state index in [-0.39, 0.29) is 11.7 Å². The van der Waals surface area contributed by atoms with Crippen LogP contribution in [0.5, 0.6) is 11.5 Å². The standard InChI is InChI=1S/C21H19NO4S/c1-25-16-9-6-10-17(26-2)19(16)21(24)22-13-15-11-12-18(27-15)20(23)14-7-4-3-5-8-14/h3-12H,13H2,1-2H3,(H,22,24). The molecule has 0 spiro atoms. The van der Waals surface area contributed by atoms with Gasteiger partial charge in [0.15, 0.2) is 0 Å². The maximum atomic E-state index is 12.6. The SMILES string of the molecule is COc1cccc(OC)c1C(=O)NCc1ccc(C(=O)c2ccccc2)s1. The zero-order valence-electron chi connectivity index (χ0n) is 15.0. The molecule has 2 aromatic carbocycles. The highest BCUT2D eigenvalue weighted by Gasteiger charge is 2.18. The Labute approximate surface area is 161 Å². The summed E-state index contributed by atoms with van der Waals surface area (Å²) in [6.07, 6.45) is 0. The topological polar surface area (TPSA) is 64.6 Å². The molecule has 0 aliphatic rings. The number of ether oxygens (including phenoxy) is 2. The van der Waals surface area contributed by atoms with E-state index in [1.54, 1.807) is 36.4 Å². The molecule has 6 heteroatoms. The van der Waals surface area contributed by atoms with Crippen LogP contribution in [0.15, 0.2) is 60.7 Å². The highest BCUT2D eigenvalue weighted by atomic mass is 32.1. The van der Waals surface area contributed by atoms with Crippen LogP contribution >= 0.6 is 11.3 Å². The lowest BCUT2D eigenvalue weighted by molar-refractivity contribution is 0.0944. The minimum absolute atomic E-state index is 0.0235. The molecule has 0 atom stereocenters. The Hall–Kier alpha value is -3.12. The van der Waals surface area contributed by atoms with Crippen molar-refractivity contribution in [3.63, 3.8) is 0 Å². The van der Waals surface area contributed by atoms with Crippen LogP contribution < -0.4 is 14.8 Å². The summed E-state index contributed by atoms with van der Waals surface area (Å²) < 4.78 is 10.5. The highest BCUT2D eigenvalue weighted by molar-refractivity contribution is 7.14. The molecule has 0 aliphatic carbocycles. The molecule has 0 fully saturated rings. The normalized spacial score (nSPS) is 10.3. The number of rotatable bonds is 7. The van der Waals surface area contributed by atoms with E-state index in [9.17, 15) is 9.59 Å². The van der Waals surface area contributed by atoms with Crippen molar-refractivity contribution < 1.29 is 19.1 Å². The van der Waals surface area contributed by atoms with Crippen molar-refractivity contribution in [1.82, 2.24) is 5.32 Å². The summed E-state index contributed by atoms with van der Waals surface area (Å²) in [5.74, 6) is 0.564. The fraction of sp³-hybridized carbons (Fsp3) is 0.143. The number of benzene rings is 2. The maximum Gasteiger partial charge on any atom is 0.259 e. The van der Waals surface area contributed by atoms with Crippen LogP contribution in [-0.2, 0) is 6.54 Å². The lowest BCUT2D eigenvalue weighted by Gasteiger charge is -2.12. The van der Waals surface area contributed by atoms with Gasteiger partial charge < -0.3 is 14.8 Å². The van der Waals surface area contributed by atoms with Gasteiger partial charge in [-0.3, -0.25) is 9.59 Å². The van der Waals surface area contributed by atoms with Crippen LogP contribution in [0.25, 0.3) is 0 Å². The second kappa shape index (κ2) is 8.51. The minimum atomic E-state index is -0.298. The number of hydrogen-bond acceptors (Lipinski definition) is 5. The Kier molecular flexibility index (Phi) is 5.88. The number of carbonyl (C=O) groups excluding carboxylic acids is 2. The molecule has 1 heterocycles. The molecule has 1 aromatic heterocycles. The first-order valence-electron chi connectivity index (χ1n) is 8.31. The van der Waals surface area contributed by atoms with E-state index in [4.69, 9.17) is 9.47 Å². The van der Waals surface area contributed by atoms with Crippen LogP contribution in [0.4, 0.5) is 0 Å². The van der Waals surface area contributed by atoms with Gasteiger partial charge in [0.05, 0.1) is 25.6 Å². The molecular weight excluding hydrogens is 362 g/mol. The number of methoxy groups -OCH3 is 2. The van der Waals surface area contributed by atoms with Gasteiger partial charge in [-0.2, -0.15) is 0 Å². The van der Waals surface area contributed by atoms with Gasteiger partial charge in [-0.25, -0.2) is 0 Å². The van der Waals surface area contributed by atoms with Crippen LogP contribution in [0.3, 0.4) is 0 Å². The second-order valence-electron chi connectivity index (χ2n) is 5.68. The summed E-state index contributed by atoms with van der Waals surface area (Å²) in [5.41, 5.74) is 0.994. The molecule has 0 aliphatic heterocycles. The Bertz CT molecular complexity index is 928. The number of thiophene rings is 1. The van der Waals surface area contributed by atoms with Crippen molar-refractivity contribution in [2.75, 3.05) is 14.2 Å². The van der Waals surface area contributed by atoms with E-state index in [1.807, 2.05) is 24.3 Å². The molecule has 0 unspecified atom stereocenters. The Morgan fingerprint density at radius 2 is 1.56 bits per heavy atom. The van der Waals surface area contributed by atoms with Gasteiger partial charge in [0.25, 0.3) is 5.91 Å². The molecule has 1 amide bonds. The lowest BCUT2D eigenvalue weighted by Crippen LogP contribution is -2.23. The maximum absolute atomic E-state index is 12.6. The predicted octanol–water partition coefficient (Wildman–Crippen LogP) is 3.93. The predicted molar refractivity (Wildman–Crippen MR) is 105 cm³/mol. The first-order chi connectivity index (χ1) is 13.1. The fourth-order valence-electron chi connectivity index (χ4n) is 2.66. The summed E-state index contributed by atoms with van der Waals surface area (Å²) in [7, 11) is 3.01. The summed E-state index contributed by atoms with van der Waals surface area (Å²) in [6, 6.07) is 17.9. The van der Waals surface area contributed by atoms with E-state index >= 15 is 0 Å². The zero-order chi connectivity index (χ0) is 19.2. The Morgan fingerprint density at radius 3 is 2.19 bits per heavy atom. The van der Waals surface area contributed by atoms with Crippen molar-refractivity contribution in [2.24, 2.45) is 0 Å². The second-order valence-corrected chi connectivity index (χ2v) is 6.85. The Morgan fingerprint density at radius 1 is 0.889 bits per heavy atom. The van der Waals surface area contributed by atoms with Crippen molar-refractivity contribution in [3.05, 3.63) is 81.5 Å². The highest BCUT2D eigenvalue weighted by Crippen LogP contribution is 2.28. The minimum Gasteiger partial charge on any atom is -0.496 e. The van der Waals surface area contributed by atoms with E-state index in [0.29, 0.717) is 34.0 Å². The third-order valence-electron chi connectivity index (χ3n) is 4.00. The van der Waals surface area contributed by atoms with E-state index in [2.05, 4.69) is 5.32 Å². The molecular formula is C21H19NO4S. The quantitative estimate of drug-likeness (QED) is 0.630. The average Bonchev–Trinajstić information content (AvgIpc) is 3.20. The van der Waals surface area contributed by atoms with Gasteiger partial charge in [0, 0.05) is 10.4 Å². The summed E-state index contributed by atoms with van der Waals surface area (Å²) in [5, 5.41) is 2.86. The van der Waals surface area contributed by atoms with Gasteiger partial charge in [-0.05, 0) is 24.3 Å². The molecule has 0 radical (unpaired) electrons. The molecule has 1 N–H and O–H groups in total. The molecule has 27 heavy (non-hydrogen) atoms. The van der Waals surface area contributed by atoms with Crippen LogP contribution in [0.1, 0.15) is 30.5 Å². The molecule has 0 saturated heterocycles. The third kappa shape index (κ3) is 4.17. The molecule has 5 nitrogen and oxygen atoms in total. The van der Waals surface area contributed by atoms with Crippen molar-refractivity contribution in [1.29, 1.82) is 0 Å². The van der Waals surface area contributed by atoms with Crippen LogP contribution in [0.2, 0.25) is 0 Å². The summed E-state index contributed by atoms with van der Waals surface area (Å²) >= 11 is 1.37. The summed E-state index contributed by atoms with van der Waals surface area (Å²) in [6.45, 7) is 0.312. The lowest BCUT2D eigenvalue weighted by atomic mass is 10.1. The fourth-order valence-corrected chi connectivity index (χ4v) is 3.57.